The second-order valence-electron chi connectivity index (χ2n) is 7.20. The lowest BCUT2D eigenvalue weighted by atomic mass is 9.90. The van der Waals surface area contributed by atoms with Crippen LogP contribution in [-0.4, -0.2) is 48.8 Å². The lowest BCUT2D eigenvalue weighted by Crippen LogP contribution is -2.43. The highest BCUT2D eigenvalue weighted by Gasteiger charge is 2.46. The van der Waals surface area contributed by atoms with Crippen molar-refractivity contribution >= 4 is 12.0 Å². The van der Waals surface area contributed by atoms with Crippen LogP contribution >= 0.6 is 0 Å². The van der Waals surface area contributed by atoms with Gasteiger partial charge in [0, 0.05) is 25.0 Å². The highest BCUT2D eigenvalue weighted by atomic mass is 16.5. The number of methoxy groups -OCH3 is 1. The number of ether oxygens (including phenoxy) is 1. The first-order valence-electron chi connectivity index (χ1n) is 8.29. The number of carbonyl (C=O) groups is 2. The summed E-state index contributed by atoms with van der Waals surface area (Å²) >= 11 is 0. The molecule has 0 spiro atoms. The molecule has 1 aromatic rings. The summed E-state index contributed by atoms with van der Waals surface area (Å²) < 4.78 is 5.18. The molecule has 1 heterocycles. The molecule has 2 aliphatic rings. The van der Waals surface area contributed by atoms with Gasteiger partial charge in [-0.15, -0.1) is 0 Å². The molecule has 2 fully saturated rings. The maximum absolute atomic E-state index is 12.4. The van der Waals surface area contributed by atoms with Gasteiger partial charge in [0.05, 0.1) is 12.5 Å². The number of amides is 2. The second kappa shape index (κ2) is 6.00. The van der Waals surface area contributed by atoms with Gasteiger partial charge < -0.3 is 20.1 Å². The minimum Gasteiger partial charge on any atom is -0.497 e. The Morgan fingerprint density at radius 3 is 2.42 bits per heavy atom. The van der Waals surface area contributed by atoms with E-state index in [4.69, 9.17) is 4.74 Å². The largest absolute Gasteiger partial charge is 0.497 e. The Morgan fingerprint density at radius 2 is 1.92 bits per heavy atom. The first kappa shape index (κ1) is 16.6. The Hall–Kier alpha value is -2.24. The summed E-state index contributed by atoms with van der Waals surface area (Å²) in [6.45, 7) is 3.04. The average molecular weight is 332 g/mol. The van der Waals surface area contributed by atoms with Crippen LogP contribution in [0.15, 0.2) is 24.3 Å². The van der Waals surface area contributed by atoms with E-state index in [-0.39, 0.29) is 18.0 Å². The number of urea groups is 1. The summed E-state index contributed by atoms with van der Waals surface area (Å²) in [6.07, 6.45) is 2.60. The number of benzene rings is 1. The zero-order valence-corrected chi connectivity index (χ0v) is 14.2. The zero-order valence-electron chi connectivity index (χ0n) is 14.2. The molecule has 1 aliphatic carbocycles. The first-order valence-corrected chi connectivity index (χ1v) is 8.29. The Labute approximate surface area is 141 Å². The van der Waals surface area contributed by atoms with Crippen LogP contribution in [0.4, 0.5) is 4.79 Å². The molecule has 130 valence electrons. The number of carboxylic acids is 1. The van der Waals surface area contributed by atoms with Crippen molar-refractivity contribution in [3.8, 4) is 5.75 Å². The number of carbonyl (C=O) groups excluding carboxylic acids is 1. The van der Waals surface area contributed by atoms with E-state index < -0.39 is 11.4 Å². The van der Waals surface area contributed by atoms with E-state index in [0.29, 0.717) is 19.5 Å². The Morgan fingerprint density at radius 1 is 1.25 bits per heavy atom. The lowest BCUT2D eigenvalue weighted by molar-refractivity contribution is -0.147. The SMILES string of the molecule is COc1ccc(C2(CNC(=O)N3CCC(C)(C(=O)O)C3)CC2)cc1. The Balaban J connectivity index is 1.57. The molecule has 1 unspecified atom stereocenters. The molecule has 2 amide bonds. The molecule has 24 heavy (non-hydrogen) atoms. The topological polar surface area (TPSA) is 78.9 Å². The van der Waals surface area contributed by atoms with E-state index >= 15 is 0 Å². The van der Waals surface area contributed by atoms with Gasteiger partial charge in [-0.3, -0.25) is 4.79 Å². The van der Waals surface area contributed by atoms with Crippen LogP contribution in [0.2, 0.25) is 0 Å². The summed E-state index contributed by atoms with van der Waals surface area (Å²) in [7, 11) is 1.64. The number of aliphatic carboxylic acids is 1. The van der Waals surface area contributed by atoms with E-state index in [2.05, 4.69) is 17.4 Å². The van der Waals surface area contributed by atoms with E-state index in [1.54, 1.807) is 18.9 Å². The van der Waals surface area contributed by atoms with Gasteiger partial charge in [-0.25, -0.2) is 4.79 Å². The van der Waals surface area contributed by atoms with Crippen LogP contribution in [0.1, 0.15) is 31.7 Å². The van der Waals surface area contributed by atoms with Crippen molar-refractivity contribution in [1.29, 1.82) is 0 Å². The van der Waals surface area contributed by atoms with Gasteiger partial charge in [0.15, 0.2) is 0 Å². The van der Waals surface area contributed by atoms with Crippen LogP contribution in [-0.2, 0) is 10.2 Å². The molecule has 0 bridgehead atoms. The second-order valence-corrected chi connectivity index (χ2v) is 7.20. The predicted molar refractivity (Wildman–Crippen MR) is 89.2 cm³/mol. The van der Waals surface area contributed by atoms with Crippen LogP contribution in [0.3, 0.4) is 0 Å². The summed E-state index contributed by atoms with van der Waals surface area (Å²) in [5.41, 5.74) is 0.392. The zero-order chi connectivity index (χ0) is 17.4. The fourth-order valence-electron chi connectivity index (χ4n) is 3.33. The highest BCUT2D eigenvalue weighted by molar-refractivity contribution is 5.79. The molecule has 1 saturated carbocycles. The van der Waals surface area contributed by atoms with Crippen LogP contribution < -0.4 is 10.1 Å². The molecule has 6 nitrogen and oxygen atoms in total. The number of nitrogens with one attached hydrogen (secondary N) is 1. The summed E-state index contributed by atoms with van der Waals surface area (Å²) in [4.78, 5) is 25.3. The van der Waals surface area contributed by atoms with Gasteiger partial charge in [-0.1, -0.05) is 12.1 Å². The van der Waals surface area contributed by atoms with Crippen molar-refractivity contribution < 1.29 is 19.4 Å². The maximum Gasteiger partial charge on any atom is 0.317 e. The molecule has 0 radical (unpaired) electrons. The number of hydrogen-bond acceptors (Lipinski definition) is 3. The minimum absolute atomic E-state index is 0.0117. The van der Waals surface area contributed by atoms with Crippen molar-refractivity contribution in [2.45, 2.75) is 31.6 Å². The molecule has 1 aliphatic heterocycles. The smallest absolute Gasteiger partial charge is 0.317 e. The van der Waals surface area contributed by atoms with E-state index in [1.165, 1.54) is 5.56 Å². The normalized spacial score (nSPS) is 24.5. The molecule has 3 rings (SSSR count). The van der Waals surface area contributed by atoms with E-state index in [1.807, 2.05) is 12.1 Å². The van der Waals surface area contributed by atoms with Gasteiger partial charge >= 0.3 is 12.0 Å². The van der Waals surface area contributed by atoms with Crippen molar-refractivity contribution in [3.05, 3.63) is 29.8 Å². The van der Waals surface area contributed by atoms with Gasteiger partial charge in [-0.2, -0.15) is 0 Å². The third-order valence-electron chi connectivity index (χ3n) is 5.41. The van der Waals surface area contributed by atoms with Crippen LogP contribution in [0.25, 0.3) is 0 Å². The number of carboxylic acid groups (broad SMARTS) is 1. The highest BCUT2D eigenvalue weighted by Crippen LogP contribution is 2.48. The van der Waals surface area contributed by atoms with E-state index in [0.717, 1.165) is 18.6 Å². The summed E-state index contributed by atoms with van der Waals surface area (Å²) in [6, 6.07) is 7.82. The monoisotopic (exact) mass is 332 g/mol. The summed E-state index contributed by atoms with van der Waals surface area (Å²) in [5.74, 6) is -0.0155. The molecule has 0 aromatic heterocycles. The van der Waals surface area contributed by atoms with Crippen molar-refractivity contribution in [1.82, 2.24) is 10.2 Å². The average Bonchev–Trinajstić information content (AvgIpc) is 3.27. The molecule has 6 heteroatoms. The Kier molecular flexibility index (Phi) is 4.15. The maximum atomic E-state index is 12.4. The van der Waals surface area contributed by atoms with Crippen molar-refractivity contribution in [2.75, 3.05) is 26.7 Å². The van der Waals surface area contributed by atoms with Crippen molar-refractivity contribution in [3.63, 3.8) is 0 Å². The molecule has 1 atom stereocenters. The van der Waals surface area contributed by atoms with Gasteiger partial charge in [-0.05, 0) is 43.9 Å². The first-order chi connectivity index (χ1) is 11.4. The number of hydrogen-bond donors (Lipinski definition) is 2. The summed E-state index contributed by atoms with van der Waals surface area (Å²) in [5, 5.41) is 12.3. The van der Waals surface area contributed by atoms with Crippen molar-refractivity contribution in [2.24, 2.45) is 5.41 Å². The van der Waals surface area contributed by atoms with Gasteiger partial charge in [0.2, 0.25) is 0 Å². The van der Waals surface area contributed by atoms with Gasteiger partial charge in [0.1, 0.15) is 5.75 Å². The predicted octanol–water partition coefficient (Wildman–Crippen LogP) is 2.23. The number of rotatable bonds is 5. The van der Waals surface area contributed by atoms with Crippen LogP contribution in [0.5, 0.6) is 5.75 Å². The standard InChI is InChI=1S/C18H24N2O4/c1-17(15(21)22)9-10-20(12-17)16(23)19-11-18(7-8-18)13-3-5-14(24-2)6-4-13/h3-6H,7-12H2,1-2H3,(H,19,23)(H,21,22). The van der Waals surface area contributed by atoms with Crippen LogP contribution in [0, 0.1) is 5.41 Å². The number of nitrogens with zero attached hydrogens (tertiary/aromatic N) is 1. The Bertz CT molecular complexity index is 639. The molecule has 2 N–H and O–H groups in total. The third-order valence-corrected chi connectivity index (χ3v) is 5.41. The van der Waals surface area contributed by atoms with Gasteiger partial charge in [0.25, 0.3) is 0 Å². The molecular weight excluding hydrogens is 308 g/mol. The molecular formula is C18H24N2O4. The third kappa shape index (κ3) is 3.05. The lowest BCUT2D eigenvalue weighted by Gasteiger charge is -2.23. The quantitative estimate of drug-likeness (QED) is 0.867. The fraction of sp³-hybridized carbons (Fsp3) is 0.556. The fourth-order valence-corrected chi connectivity index (χ4v) is 3.33. The van der Waals surface area contributed by atoms with E-state index in [9.17, 15) is 14.7 Å². The number of likely N-dealkylation sites (tertiary alicyclic amines) is 1. The minimum atomic E-state index is -0.838. The molecule has 1 saturated heterocycles. The molecule has 1 aromatic carbocycles.